The van der Waals surface area contributed by atoms with Crippen molar-refractivity contribution in [1.29, 1.82) is 0 Å². The molecule has 0 saturated carbocycles. The van der Waals surface area contributed by atoms with Gasteiger partial charge in [-0.25, -0.2) is 9.07 Å². The zero-order valence-corrected chi connectivity index (χ0v) is 20.1. The second-order valence-corrected chi connectivity index (χ2v) is 9.61. The first-order valence-electron chi connectivity index (χ1n) is 10.5. The number of hydrogen-bond donors (Lipinski definition) is 1. The molecular weight excluding hydrogens is 494 g/mol. The Balaban J connectivity index is 1.63. The summed E-state index contributed by atoms with van der Waals surface area (Å²) in [6, 6.07) is 19.2. The number of fused-ring (bicyclic) bond motifs is 3. The minimum absolute atomic E-state index is 0.304. The molecule has 1 N–H and O–H groups in total. The maximum atomic E-state index is 13.8. The van der Waals surface area contributed by atoms with Gasteiger partial charge < -0.3 is 10.1 Å². The third-order valence-electron chi connectivity index (χ3n) is 5.96. The number of ether oxygens (including phenoxy) is 1. The normalized spacial score (nSPS) is 18.5. The van der Waals surface area contributed by atoms with Crippen LogP contribution in [0.3, 0.4) is 0 Å². The number of nitrogens with zero attached hydrogens (tertiary/aromatic N) is 3. The van der Waals surface area contributed by atoms with Crippen LogP contribution in [-0.4, -0.2) is 21.0 Å². The van der Waals surface area contributed by atoms with Gasteiger partial charge in [0.2, 0.25) is 11.1 Å². The molecular formula is C25H17Cl2FN4OS. The highest BCUT2D eigenvalue weighted by Crippen LogP contribution is 2.51. The van der Waals surface area contributed by atoms with Crippen LogP contribution < -0.4 is 10.1 Å². The van der Waals surface area contributed by atoms with Crippen LogP contribution in [0.2, 0.25) is 10.0 Å². The molecule has 0 unspecified atom stereocenters. The summed E-state index contributed by atoms with van der Waals surface area (Å²) in [6.45, 7) is 0. The lowest BCUT2D eigenvalue weighted by molar-refractivity contribution is 0.223. The van der Waals surface area contributed by atoms with E-state index in [0.717, 1.165) is 28.0 Å². The smallest absolute Gasteiger partial charge is 0.227 e. The lowest BCUT2D eigenvalue weighted by atomic mass is 9.84. The Labute approximate surface area is 209 Å². The van der Waals surface area contributed by atoms with E-state index >= 15 is 0 Å². The zero-order valence-electron chi connectivity index (χ0n) is 17.8. The average molecular weight is 511 g/mol. The Morgan fingerprint density at radius 1 is 0.971 bits per heavy atom. The number of aromatic nitrogens is 3. The highest BCUT2D eigenvalue weighted by molar-refractivity contribution is 7.98. The number of benzene rings is 3. The fraction of sp³-hybridized carbons (Fsp3) is 0.120. The molecule has 34 heavy (non-hydrogen) atoms. The third kappa shape index (κ3) is 3.55. The molecule has 3 heterocycles. The van der Waals surface area contributed by atoms with E-state index in [4.69, 9.17) is 33.0 Å². The molecule has 2 atom stereocenters. The minimum atomic E-state index is -0.446. The Morgan fingerprint density at radius 3 is 2.41 bits per heavy atom. The lowest BCUT2D eigenvalue weighted by Gasteiger charge is -2.39. The van der Waals surface area contributed by atoms with Gasteiger partial charge in [-0.3, -0.25) is 0 Å². The molecule has 3 aromatic carbocycles. The van der Waals surface area contributed by atoms with Gasteiger partial charge in [0.1, 0.15) is 23.7 Å². The van der Waals surface area contributed by atoms with Crippen molar-refractivity contribution in [3.8, 4) is 5.75 Å². The highest BCUT2D eigenvalue weighted by Gasteiger charge is 2.41. The molecule has 1 aromatic heterocycles. The number of thioether (sulfide) groups is 1. The van der Waals surface area contributed by atoms with Gasteiger partial charge in [-0.1, -0.05) is 59.2 Å². The summed E-state index contributed by atoms with van der Waals surface area (Å²) in [5.74, 6) is 0.994. The molecule has 0 amide bonds. The Hall–Kier alpha value is -3.00. The van der Waals surface area contributed by atoms with E-state index in [2.05, 4.69) is 10.3 Å². The lowest BCUT2D eigenvalue weighted by Crippen LogP contribution is -2.32. The van der Waals surface area contributed by atoms with Crippen molar-refractivity contribution in [2.24, 2.45) is 0 Å². The van der Waals surface area contributed by atoms with Gasteiger partial charge >= 0.3 is 0 Å². The van der Waals surface area contributed by atoms with Crippen LogP contribution in [-0.2, 0) is 0 Å². The first-order valence-corrected chi connectivity index (χ1v) is 12.5. The molecule has 6 rings (SSSR count). The molecule has 0 fully saturated rings. The maximum Gasteiger partial charge on any atom is 0.227 e. The second kappa shape index (κ2) is 8.34. The molecule has 2 aliphatic rings. The number of anilines is 1. The van der Waals surface area contributed by atoms with Crippen molar-refractivity contribution in [2.45, 2.75) is 17.3 Å². The van der Waals surface area contributed by atoms with E-state index in [1.54, 1.807) is 18.2 Å². The SMILES string of the molecule is CSc1nc2n(n1)[C@H](c1ccc(F)cc1)C1=C(N2)c2cc(Cl)ccc2O[C@H]1c1ccc(Cl)cc1. The summed E-state index contributed by atoms with van der Waals surface area (Å²) < 4.78 is 22.2. The van der Waals surface area contributed by atoms with Crippen LogP contribution in [0.1, 0.15) is 28.8 Å². The van der Waals surface area contributed by atoms with Gasteiger partial charge in [0.15, 0.2) is 0 Å². The highest BCUT2D eigenvalue weighted by atomic mass is 35.5. The van der Waals surface area contributed by atoms with Crippen molar-refractivity contribution in [2.75, 3.05) is 11.6 Å². The van der Waals surface area contributed by atoms with Gasteiger partial charge in [0.25, 0.3) is 0 Å². The molecule has 5 nitrogen and oxygen atoms in total. The van der Waals surface area contributed by atoms with Crippen LogP contribution in [0.4, 0.5) is 10.3 Å². The summed E-state index contributed by atoms with van der Waals surface area (Å²) in [4.78, 5) is 4.66. The molecule has 9 heteroatoms. The first kappa shape index (κ1) is 21.5. The van der Waals surface area contributed by atoms with E-state index < -0.39 is 6.10 Å². The van der Waals surface area contributed by atoms with E-state index in [9.17, 15) is 4.39 Å². The largest absolute Gasteiger partial charge is 0.480 e. The monoisotopic (exact) mass is 510 g/mol. The Kier molecular flexibility index (Phi) is 5.28. The van der Waals surface area contributed by atoms with Gasteiger partial charge in [0.05, 0.1) is 5.70 Å². The number of hydrogen-bond acceptors (Lipinski definition) is 5. The number of rotatable bonds is 3. The predicted octanol–water partition coefficient (Wildman–Crippen LogP) is 7.01. The van der Waals surface area contributed by atoms with Crippen molar-refractivity contribution >= 4 is 46.6 Å². The fourth-order valence-electron chi connectivity index (χ4n) is 4.45. The molecule has 0 aliphatic carbocycles. The molecule has 0 spiro atoms. The predicted molar refractivity (Wildman–Crippen MR) is 133 cm³/mol. The van der Waals surface area contributed by atoms with Crippen LogP contribution in [0.25, 0.3) is 5.70 Å². The molecule has 0 radical (unpaired) electrons. The standard InChI is InChI=1S/C25H17Cl2FN4OS/c1-34-25-30-24-29-21-18-12-16(27)8-11-19(18)33-23(14-2-6-15(26)7-3-14)20(21)22(32(24)31-25)13-4-9-17(28)10-5-13/h2-12,22-23H,1H3,(H,29,30,31)/t22-,23+/m1/s1. The van der Waals surface area contributed by atoms with E-state index in [1.807, 2.05) is 47.3 Å². The van der Waals surface area contributed by atoms with Crippen molar-refractivity contribution in [3.05, 3.63) is 105 Å². The third-order valence-corrected chi connectivity index (χ3v) is 6.98. The van der Waals surface area contributed by atoms with Gasteiger partial charge in [-0.15, -0.1) is 5.10 Å². The molecule has 2 aliphatic heterocycles. The number of nitrogens with one attached hydrogen (secondary N) is 1. The van der Waals surface area contributed by atoms with Crippen LogP contribution in [0.15, 0.2) is 77.5 Å². The summed E-state index contributed by atoms with van der Waals surface area (Å²) in [7, 11) is 0. The van der Waals surface area contributed by atoms with E-state index in [1.165, 1.54) is 23.9 Å². The quantitative estimate of drug-likeness (QED) is 0.300. The number of halogens is 3. The zero-order chi connectivity index (χ0) is 23.4. The molecule has 0 saturated heterocycles. The average Bonchev–Trinajstić information content (AvgIpc) is 3.27. The summed E-state index contributed by atoms with van der Waals surface area (Å²) in [5, 5.41) is 10.1. The van der Waals surface area contributed by atoms with Crippen LogP contribution in [0, 0.1) is 5.82 Å². The molecule has 170 valence electrons. The summed E-state index contributed by atoms with van der Waals surface area (Å²) in [5.41, 5.74) is 4.40. The fourth-order valence-corrected chi connectivity index (χ4v) is 5.09. The van der Waals surface area contributed by atoms with Crippen LogP contribution in [0.5, 0.6) is 5.75 Å². The Morgan fingerprint density at radius 2 is 1.68 bits per heavy atom. The van der Waals surface area contributed by atoms with E-state index in [-0.39, 0.29) is 11.9 Å². The summed E-state index contributed by atoms with van der Waals surface area (Å²) >= 11 is 14.0. The summed E-state index contributed by atoms with van der Waals surface area (Å²) in [6.07, 6.45) is 1.48. The van der Waals surface area contributed by atoms with E-state index in [0.29, 0.717) is 26.9 Å². The van der Waals surface area contributed by atoms with Gasteiger partial charge in [-0.05, 0) is 59.8 Å². The Bertz CT molecular complexity index is 1440. The van der Waals surface area contributed by atoms with Crippen molar-refractivity contribution in [3.63, 3.8) is 0 Å². The van der Waals surface area contributed by atoms with Gasteiger partial charge in [0, 0.05) is 21.2 Å². The maximum absolute atomic E-state index is 13.8. The first-order chi connectivity index (χ1) is 16.5. The van der Waals surface area contributed by atoms with Gasteiger partial charge in [-0.2, -0.15) is 4.98 Å². The molecule has 4 aromatic rings. The van der Waals surface area contributed by atoms with Crippen molar-refractivity contribution in [1.82, 2.24) is 14.8 Å². The van der Waals surface area contributed by atoms with Crippen LogP contribution >= 0.6 is 35.0 Å². The topological polar surface area (TPSA) is 52.0 Å². The van der Waals surface area contributed by atoms with Crippen molar-refractivity contribution < 1.29 is 9.13 Å². The minimum Gasteiger partial charge on any atom is -0.480 e. The second-order valence-electron chi connectivity index (χ2n) is 7.97. The molecule has 0 bridgehead atoms.